The van der Waals surface area contributed by atoms with Gasteiger partial charge in [0.05, 0.1) is 6.04 Å². The molecule has 3 fully saturated rings. The number of rotatable bonds is 1. The molecular weight excluding hydrogens is 190 g/mol. The normalized spacial score (nSPS) is 31.5. The summed E-state index contributed by atoms with van der Waals surface area (Å²) in [5, 5.41) is 7.64. The number of hydrazine groups is 1. The topological polar surface area (TPSA) is 35.6 Å². The van der Waals surface area contributed by atoms with Crippen molar-refractivity contribution in [3.05, 3.63) is 0 Å². The van der Waals surface area contributed by atoms with Crippen LogP contribution in [0.2, 0.25) is 0 Å². The van der Waals surface area contributed by atoms with Gasteiger partial charge in [-0.3, -0.25) is 9.80 Å². The van der Waals surface area contributed by atoms with Crippen LogP contribution < -0.4 is 5.32 Å². The fraction of sp³-hybridized carbons (Fsp3) is 0.909. The zero-order valence-electron chi connectivity index (χ0n) is 9.33. The van der Waals surface area contributed by atoms with Crippen molar-refractivity contribution in [2.45, 2.75) is 43.7 Å². The van der Waals surface area contributed by atoms with E-state index in [-0.39, 0.29) is 5.54 Å². The van der Waals surface area contributed by atoms with Crippen molar-refractivity contribution < 1.29 is 4.79 Å². The summed E-state index contributed by atoms with van der Waals surface area (Å²) < 4.78 is 0. The molecule has 1 aliphatic carbocycles. The molecule has 2 aliphatic heterocycles. The lowest BCUT2D eigenvalue weighted by Gasteiger charge is -2.37. The molecule has 1 saturated carbocycles. The van der Waals surface area contributed by atoms with Crippen molar-refractivity contribution in [2.75, 3.05) is 20.1 Å². The molecule has 84 valence electrons. The standard InChI is InChI=1S/C11H19N3O/c1-13-11(4-5-11)8-10(15)14(13)9-2-6-12-7-3-9/h9,12H,2-8H2,1H3. The monoisotopic (exact) mass is 209 g/mol. The van der Waals surface area contributed by atoms with Gasteiger partial charge in [-0.05, 0) is 38.8 Å². The summed E-state index contributed by atoms with van der Waals surface area (Å²) >= 11 is 0. The van der Waals surface area contributed by atoms with Crippen LogP contribution in [0.1, 0.15) is 32.1 Å². The van der Waals surface area contributed by atoms with E-state index in [0.717, 1.165) is 32.4 Å². The lowest BCUT2D eigenvalue weighted by atomic mass is 10.1. The first-order valence-corrected chi connectivity index (χ1v) is 5.99. The van der Waals surface area contributed by atoms with Crippen LogP contribution in [0.5, 0.6) is 0 Å². The number of carbonyl (C=O) groups is 1. The maximum Gasteiger partial charge on any atom is 0.239 e. The third-order valence-electron chi connectivity index (χ3n) is 4.23. The van der Waals surface area contributed by atoms with Gasteiger partial charge in [-0.2, -0.15) is 0 Å². The summed E-state index contributed by atoms with van der Waals surface area (Å²) in [5.41, 5.74) is 0.238. The van der Waals surface area contributed by atoms with Gasteiger partial charge in [-0.15, -0.1) is 0 Å². The zero-order valence-corrected chi connectivity index (χ0v) is 9.33. The van der Waals surface area contributed by atoms with Crippen LogP contribution in [-0.4, -0.2) is 47.6 Å². The van der Waals surface area contributed by atoms with E-state index in [1.807, 2.05) is 5.01 Å². The second-order valence-electron chi connectivity index (χ2n) is 5.14. The Kier molecular flexibility index (Phi) is 2.04. The molecule has 3 rings (SSSR count). The largest absolute Gasteiger partial charge is 0.317 e. The van der Waals surface area contributed by atoms with Gasteiger partial charge in [0.25, 0.3) is 0 Å². The first kappa shape index (κ1) is 9.60. The van der Waals surface area contributed by atoms with E-state index in [1.165, 1.54) is 12.8 Å². The molecule has 0 aromatic carbocycles. The molecule has 4 heteroatoms. The number of hydrogen-bond donors (Lipinski definition) is 1. The molecule has 1 amide bonds. The smallest absolute Gasteiger partial charge is 0.239 e. The molecule has 2 saturated heterocycles. The lowest BCUT2D eigenvalue weighted by molar-refractivity contribution is -0.143. The number of nitrogens with one attached hydrogen (secondary N) is 1. The van der Waals surface area contributed by atoms with Crippen LogP contribution in [-0.2, 0) is 4.79 Å². The molecule has 0 aromatic rings. The number of piperidine rings is 1. The molecule has 0 bridgehead atoms. The van der Waals surface area contributed by atoms with Crippen molar-refractivity contribution in [1.29, 1.82) is 0 Å². The predicted octanol–water partition coefficient (Wildman–Crippen LogP) is 0.350. The molecule has 0 radical (unpaired) electrons. The van der Waals surface area contributed by atoms with Gasteiger partial charge in [0, 0.05) is 19.0 Å². The van der Waals surface area contributed by atoms with Gasteiger partial charge in [0.2, 0.25) is 5.91 Å². The van der Waals surface area contributed by atoms with E-state index in [2.05, 4.69) is 17.4 Å². The maximum absolute atomic E-state index is 12.0. The second kappa shape index (κ2) is 3.19. The summed E-state index contributed by atoms with van der Waals surface area (Å²) in [6.45, 7) is 2.10. The number of nitrogens with zero attached hydrogens (tertiary/aromatic N) is 2. The molecule has 0 unspecified atom stereocenters. The molecule has 0 aromatic heterocycles. The maximum atomic E-state index is 12.0. The van der Waals surface area contributed by atoms with Crippen molar-refractivity contribution >= 4 is 5.91 Å². The van der Waals surface area contributed by atoms with Gasteiger partial charge in [0.1, 0.15) is 0 Å². The van der Waals surface area contributed by atoms with Crippen LogP contribution in [0.3, 0.4) is 0 Å². The van der Waals surface area contributed by atoms with E-state index in [4.69, 9.17) is 0 Å². The van der Waals surface area contributed by atoms with Crippen molar-refractivity contribution in [1.82, 2.24) is 15.3 Å². The number of amides is 1. The first-order valence-electron chi connectivity index (χ1n) is 5.99. The average Bonchev–Trinajstić information content (AvgIpc) is 2.95. The Morgan fingerprint density at radius 1 is 1.33 bits per heavy atom. The third-order valence-corrected chi connectivity index (χ3v) is 4.23. The Labute approximate surface area is 90.6 Å². The summed E-state index contributed by atoms with van der Waals surface area (Å²) in [6, 6.07) is 0.448. The minimum Gasteiger partial charge on any atom is -0.317 e. The average molecular weight is 209 g/mol. The highest BCUT2D eigenvalue weighted by molar-refractivity contribution is 5.80. The van der Waals surface area contributed by atoms with Crippen LogP contribution in [0.25, 0.3) is 0 Å². The third kappa shape index (κ3) is 1.39. The van der Waals surface area contributed by atoms with Crippen LogP contribution in [0.15, 0.2) is 0 Å². The van der Waals surface area contributed by atoms with Crippen molar-refractivity contribution in [3.63, 3.8) is 0 Å². The van der Waals surface area contributed by atoms with E-state index in [0.29, 0.717) is 11.9 Å². The van der Waals surface area contributed by atoms with Gasteiger partial charge >= 0.3 is 0 Å². The molecular formula is C11H19N3O. The Balaban J connectivity index is 1.76. The van der Waals surface area contributed by atoms with Crippen molar-refractivity contribution in [3.8, 4) is 0 Å². The van der Waals surface area contributed by atoms with Gasteiger partial charge < -0.3 is 5.32 Å². The molecule has 3 aliphatic rings. The highest BCUT2D eigenvalue weighted by Crippen LogP contribution is 2.49. The van der Waals surface area contributed by atoms with Gasteiger partial charge in [-0.25, -0.2) is 5.01 Å². The predicted molar refractivity (Wildman–Crippen MR) is 57.1 cm³/mol. The van der Waals surface area contributed by atoms with E-state index in [9.17, 15) is 4.79 Å². The van der Waals surface area contributed by atoms with Crippen LogP contribution >= 0.6 is 0 Å². The summed E-state index contributed by atoms with van der Waals surface area (Å²) in [6.07, 6.45) is 5.37. The SMILES string of the molecule is CN1N(C2CCNCC2)C(=O)CC12CC2. The summed E-state index contributed by atoms with van der Waals surface area (Å²) in [4.78, 5) is 12.0. The number of hydrogen-bond acceptors (Lipinski definition) is 3. The molecule has 2 heterocycles. The van der Waals surface area contributed by atoms with E-state index in [1.54, 1.807) is 0 Å². The number of carbonyl (C=O) groups excluding carboxylic acids is 1. The van der Waals surface area contributed by atoms with Gasteiger partial charge in [-0.1, -0.05) is 0 Å². The molecule has 1 spiro atoms. The minimum absolute atomic E-state index is 0.238. The first-order chi connectivity index (χ1) is 7.23. The second-order valence-corrected chi connectivity index (χ2v) is 5.14. The quantitative estimate of drug-likeness (QED) is 0.677. The molecule has 15 heavy (non-hydrogen) atoms. The molecule has 1 N–H and O–H groups in total. The molecule has 0 atom stereocenters. The highest BCUT2D eigenvalue weighted by atomic mass is 16.2. The minimum atomic E-state index is 0.238. The van der Waals surface area contributed by atoms with Crippen molar-refractivity contribution in [2.24, 2.45) is 0 Å². The van der Waals surface area contributed by atoms with Crippen LogP contribution in [0, 0.1) is 0 Å². The van der Waals surface area contributed by atoms with Gasteiger partial charge in [0.15, 0.2) is 0 Å². The van der Waals surface area contributed by atoms with E-state index < -0.39 is 0 Å². The zero-order chi connectivity index (χ0) is 10.5. The Hall–Kier alpha value is -0.610. The lowest BCUT2D eigenvalue weighted by Crippen LogP contribution is -2.50. The van der Waals surface area contributed by atoms with Crippen LogP contribution in [0.4, 0.5) is 0 Å². The molecule has 4 nitrogen and oxygen atoms in total. The fourth-order valence-corrected chi connectivity index (χ4v) is 3.02. The summed E-state index contributed by atoms with van der Waals surface area (Å²) in [7, 11) is 2.10. The fourth-order valence-electron chi connectivity index (χ4n) is 3.02. The Morgan fingerprint density at radius 2 is 2.00 bits per heavy atom. The Bertz CT molecular complexity index is 282. The van der Waals surface area contributed by atoms with E-state index >= 15 is 0 Å². The Morgan fingerprint density at radius 3 is 2.53 bits per heavy atom. The highest BCUT2D eigenvalue weighted by Gasteiger charge is 2.57. The summed E-state index contributed by atoms with van der Waals surface area (Å²) in [5.74, 6) is 0.349.